The molecule has 0 saturated heterocycles. The molecule has 1 aliphatic rings. The van der Waals surface area contributed by atoms with Gasteiger partial charge in [0, 0.05) is 32.3 Å². The molecule has 31 heavy (non-hydrogen) atoms. The second-order valence-corrected chi connectivity index (χ2v) is 10.7. The van der Waals surface area contributed by atoms with Gasteiger partial charge in [-0.2, -0.15) is 0 Å². The van der Waals surface area contributed by atoms with Crippen LogP contribution in [-0.4, -0.2) is 4.98 Å². The van der Waals surface area contributed by atoms with E-state index in [1.807, 2.05) is 17.5 Å². The van der Waals surface area contributed by atoms with E-state index in [2.05, 4.69) is 87.5 Å². The van der Waals surface area contributed by atoms with E-state index >= 15 is 0 Å². The summed E-state index contributed by atoms with van der Waals surface area (Å²) >= 11 is 1.95. The van der Waals surface area contributed by atoms with Crippen LogP contribution < -0.4 is 0 Å². The first-order valence-electron chi connectivity index (χ1n) is 11.0. The van der Waals surface area contributed by atoms with Gasteiger partial charge in [-0.3, -0.25) is 4.98 Å². The molecule has 0 fully saturated rings. The smallest absolute Gasteiger partial charge is 0.0795 e. The van der Waals surface area contributed by atoms with Crippen LogP contribution in [0.3, 0.4) is 0 Å². The lowest BCUT2D eigenvalue weighted by molar-refractivity contribution is 0.596. The maximum atomic E-state index is 4.97. The third-order valence-corrected chi connectivity index (χ3v) is 7.74. The molecule has 0 radical (unpaired) electrons. The highest BCUT2D eigenvalue weighted by Crippen LogP contribution is 2.47. The Kier molecular flexibility index (Phi) is 4.10. The molecule has 0 unspecified atom stereocenters. The van der Waals surface area contributed by atoms with E-state index in [9.17, 15) is 0 Å². The monoisotopic (exact) mass is 419 g/mol. The van der Waals surface area contributed by atoms with Crippen molar-refractivity contribution in [3.63, 3.8) is 0 Å². The number of aryl methyl sites for hydroxylation is 2. The van der Waals surface area contributed by atoms with Crippen LogP contribution in [-0.2, 0) is 18.3 Å². The normalized spacial score (nSPS) is 13.4. The first-order chi connectivity index (χ1) is 15.0. The lowest BCUT2D eigenvalue weighted by atomic mass is 9.81. The zero-order chi connectivity index (χ0) is 21.2. The number of nitrogens with zero attached hydrogens (tertiary/aromatic N) is 1. The summed E-state index contributed by atoms with van der Waals surface area (Å²) in [5, 5.41) is 3.95. The lowest BCUT2D eigenvalue weighted by Gasteiger charge is -2.23. The summed E-state index contributed by atoms with van der Waals surface area (Å²) in [6.45, 7) is 6.90. The number of thiophene rings is 1. The molecule has 152 valence electrons. The van der Waals surface area contributed by atoms with Gasteiger partial charge in [0.25, 0.3) is 0 Å². The Morgan fingerprint density at radius 1 is 0.871 bits per heavy atom. The Balaban J connectivity index is 1.69. The summed E-state index contributed by atoms with van der Waals surface area (Å²) in [5.41, 5.74) is 8.03. The maximum absolute atomic E-state index is 4.97. The summed E-state index contributed by atoms with van der Waals surface area (Å²) in [6, 6.07) is 24.5. The van der Waals surface area contributed by atoms with Crippen molar-refractivity contribution in [1.82, 2.24) is 4.98 Å². The van der Waals surface area contributed by atoms with Crippen LogP contribution in [0.25, 0.3) is 43.2 Å². The van der Waals surface area contributed by atoms with Crippen molar-refractivity contribution in [2.24, 2.45) is 0 Å². The number of hydrogen-bond donors (Lipinski definition) is 0. The Labute approximate surface area is 187 Å². The zero-order valence-corrected chi connectivity index (χ0v) is 19.0. The van der Waals surface area contributed by atoms with Crippen molar-refractivity contribution in [2.45, 2.75) is 39.0 Å². The van der Waals surface area contributed by atoms with Gasteiger partial charge in [-0.1, -0.05) is 69.3 Å². The van der Waals surface area contributed by atoms with Crippen LogP contribution in [0, 0.1) is 0 Å². The first kappa shape index (κ1) is 18.8. The average Bonchev–Trinajstić information content (AvgIpc) is 3.17. The Morgan fingerprint density at radius 3 is 2.55 bits per heavy atom. The molecular weight excluding hydrogens is 394 g/mol. The molecule has 0 aliphatic heterocycles. The van der Waals surface area contributed by atoms with Crippen molar-refractivity contribution in [2.75, 3.05) is 0 Å². The third-order valence-electron chi connectivity index (χ3n) is 6.53. The molecule has 0 atom stereocenters. The van der Waals surface area contributed by atoms with E-state index in [-0.39, 0.29) is 5.41 Å². The summed E-state index contributed by atoms with van der Waals surface area (Å²) in [7, 11) is 0. The predicted molar refractivity (Wildman–Crippen MR) is 134 cm³/mol. The summed E-state index contributed by atoms with van der Waals surface area (Å²) in [5.74, 6) is 0. The molecule has 0 amide bonds. The van der Waals surface area contributed by atoms with Crippen LogP contribution in [0.2, 0.25) is 0 Å². The van der Waals surface area contributed by atoms with Gasteiger partial charge in [0.2, 0.25) is 0 Å². The van der Waals surface area contributed by atoms with Crippen molar-refractivity contribution < 1.29 is 0 Å². The molecule has 0 spiro atoms. The maximum Gasteiger partial charge on any atom is 0.0795 e. The van der Waals surface area contributed by atoms with Crippen LogP contribution in [0.1, 0.15) is 36.8 Å². The van der Waals surface area contributed by atoms with E-state index in [1.54, 1.807) is 0 Å². The molecule has 2 heterocycles. The van der Waals surface area contributed by atoms with Crippen LogP contribution in [0.5, 0.6) is 0 Å². The molecular formula is C29H25NS. The second-order valence-electron chi connectivity index (χ2n) is 9.59. The summed E-state index contributed by atoms with van der Waals surface area (Å²) < 4.78 is 1.34. The Bertz CT molecular complexity index is 1470. The molecule has 0 bridgehead atoms. The van der Waals surface area contributed by atoms with E-state index in [0.29, 0.717) is 0 Å². The molecule has 1 aliphatic carbocycles. The second kappa shape index (κ2) is 6.77. The van der Waals surface area contributed by atoms with E-state index in [1.165, 1.54) is 53.6 Å². The van der Waals surface area contributed by atoms with Crippen molar-refractivity contribution >= 4 is 32.2 Å². The van der Waals surface area contributed by atoms with Crippen molar-refractivity contribution in [3.05, 3.63) is 88.9 Å². The summed E-state index contributed by atoms with van der Waals surface area (Å²) in [4.78, 5) is 6.47. The van der Waals surface area contributed by atoms with Crippen molar-refractivity contribution in [3.8, 4) is 22.4 Å². The molecule has 0 saturated carbocycles. The zero-order valence-electron chi connectivity index (χ0n) is 18.2. The highest BCUT2D eigenvalue weighted by molar-refractivity contribution is 7.19. The third kappa shape index (κ3) is 2.93. The molecule has 5 aromatic rings. The molecule has 6 rings (SSSR count). The number of fused-ring (bicyclic) bond motifs is 6. The Morgan fingerprint density at radius 2 is 1.68 bits per heavy atom. The van der Waals surface area contributed by atoms with Crippen LogP contribution in [0.15, 0.2) is 72.9 Å². The fraction of sp³-hybridized carbons (Fsp3) is 0.207. The SMILES string of the molecule is CC(C)(C)c1cc(-c2nccc3sc4c(c23)-c2ccccc2CC4)cc2ccccc12. The molecule has 1 nitrogen and oxygen atoms in total. The number of pyridine rings is 1. The van der Waals surface area contributed by atoms with Crippen molar-refractivity contribution in [1.29, 1.82) is 0 Å². The van der Waals surface area contributed by atoms with Gasteiger partial charge in [0.15, 0.2) is 0 Å². The van der Waals surface area contributed by atoms with Gasteiger partial charge in [-0.25, -0.2) is 0 Å². The minimum Gasteiger partial charge on any atom is -0.256 e. The van der Waals surface area contributed by atoms with Gasteiger partial charge < -0.3 is 0 Å². The fourth-order valence-corrected chi connectivity index (χ4v) is 6.29. The van der Waals surface area contributed by atoms with Gasteiger partial charge >= 0.3 is 0 Å². The fourth-order valence-electron chi connectivity index (χ4n) is 5.07. The van der Waals surface area contributed by atoms with Gasteiger partial charge in [0.05, 0.1) is 5.69 Å². The lowest BCUT2D eigenvalue weighted by Crippen LogP contribution is -2.12. The minimum atomic E-state index is 0.0597. The first-order valence-corrected chi connectivity index (χ1v) is 11.8. The highest BCUT2D eigenvalue weighted by Gasteiger charge is 2.25. The predicted octanol–water partition coefficient (Wildman–Crippen LogP) is 8.18. The average molecular weight is 420 g/mol. The summed E-state index contributed by atoms with van der Waals surface area (Å²) in [6.07, 6.45) is 4.23. The van der Waals surface area contributed by atoms with Gasteiger partial charge in [-0.15, -0.1) is 11.3 Å². The van der Waals surface area contributed by atoms with Crippen LogP contribution >= 0.6 is 11.3 Å². The highest BCUT2D eigenvalue weighted by atomic mass is 32.1. The van der Waals surface area contributed by atoms with E-state index < -0.39 is 0 Å². The number of hydrogen-bond acceptors (Lipinski definition) is 2. The minimum absolute atomic E-state index is 0.0597. The molecule has 2 aromatic heterocycles. The van der Waals surface area contributed by atoms with Gasteiger partial charge in [0.1, 0.15) is 0 Å². The standard InChI is InChI=1S/C29H25NS/c1-29(2,3)23-17-20(16-19-9-5-6-10-21(19)23)28-27-25(14-15-30-28)31-24-13-12-18-8-4-7-11-22(18)26(24)27/h4-11,14-17H,12-13H2,1-3H3. The molecule has 2 heteroatoms. The van der Waals surface area contributed by atoms with Crippen LogP contribution in [0.4, 0.5) is 0 Å². The van der Waals surface area contributed by atoms with Gasteiger partial charge in [-0.05, 0) is 63.9 Å². The number of aromatic nitrogens is 1. The molecule has 0 N–H and O–H groups in total. The molecule has 3 aromatic carbocycles. The quantitative estimate of drug-likeness (QED) is 0.267. The Hall–Kier alpha value is -2.97. The largest absolute Gasteiger partial charge is 0.256 e. The topological polar surface area (TPSA) is 12.9 Å². The van der Waals surface area contributed by atoms with E-state index in [4.69, 9.17) is 4.98 Å². The van der Waals surface area contributed by atoms with E-state index in [0.717, 1.165) is 18.5 Å². The number of rotatable bonds is 1. The number of benzene rings is 3.